The molecule has 1 aromatic rings. The molecule has 0 N–H and O–H groups in total. The van der Waals surface area contributed by atoms with E-state index < -0.39 is 0 Å². The molecule has 1 aromatic carbocycles. The zero-order valence-corrected chi connectivity index (χ0v) is 8.94. The second-order valence-electron chi connectivity index (χ2n) is 2.88. The number of rotatable bonds is 4. The van der Waals surface area contributed by atoms with Crippen molar-refractivity contribution in [1.29, 1.82) is 0 Å². The van der Waals surface area contributed by atoms with Crippen LogP contribution >= 0.6 is 23.4 Å². The van der Waals surface area contributed by atoms with Crippen molar-refractivity contribution in [3.63, 3.8) is 0 Å². The number of carbonyl (C=O) groups is 1. The third-order valence-corrected chi connectivity index (χ3v) is 3.06. The number of thioether (sulfide) groups is 1. The summed E-state index contributed by atoms with van der Waals surface area (Å²) in [4.78, 5) is 11.5. The van der Waals surface area contributed by atoms with Crippen molar-refractivity contribution in [2.75, 3.05) is 5.75 Å². The van der Waals surface area contributed by atoms with Crippen LogP contribution in [0.4, 0.5) is 0 Å². The third kappa shape index (κ3) is 3.83. The van der Waals surface area contributed by atoms with Gasteiger partial charge < -0.3 is 4.79 Å². The molecule has 0 aliphatic heterocycles. The molecule has 1 rings (SSSR count). The van der Waals surface area contributed by atoms with Crippen LogP contribution in [0.3, 0.4) is 0 Å². The lowest BCUT2D eigenvalue weighted by Crippen LogP contribution is -1.98. The molecular weight excluding hydrogens is 204 g/mol. The highest BCUT2D eigenvalue weighted by atomic mass is 35.5. The molecule has 3 heteroatoms. The van der Waals surface area contributed by atoms with Crippen LogP contribution in [0, 0.1) is 5.92 Å². The molecule has 70 valence electrons. The van der Waals surface area contributed by atoms with Crippen LogP contribution < -0.4 is 0 Å². The van der Waals surface area contributed by atoms with Crippen molar-refractivity contribution in [1.82, 2.24) is 0 Å². The molecule has 0 bridgehead atoms. The smallest absolute Gasteiger partial charge is 0.123 e. The lowest BCUT2D eigenvalue weighted by molar-refractivity contribution is -0.110. The summed E-state index contributed by atoms with van der Waals surface area (Å²) in [6, 6.07) is 7.66. The molecule has 0 aliphatic rings. The maximum atomic E-state index is 10.4. The van der Waals surface area contributed by atoms with E-state index >= 15 is 0 Å². The Bertz CT molecular complexity index is 288. The zero-order valence-electron chi connectivity index (χ0n) is 7.37. The first-order valence-electron chi connectivity index (χ1n) is 4.06. The van der Waals surface area contributed by atoms with Crippen molar-refractivity contribution >= 4 is 29.6 Å². The molecule has 1 unspecified atom stereocenters. The lowest BCUT2D eigenvalue weighted by Gasteiger charge is -2.03. The first-order valence-corrected chi connectivity index (χ1v) is 5.42. The lowest BCUT2D eigenvalue weighted by atomic mass is 10.3. The van der Waals surface area contributed by atoms with Crippen molar-refractivity contribution in [3.8, 4) is 0 Å². The molecule has 0 radical (unpaired) electrons. The zero-order chi connectivity index (χ0) is 9.68. The summed E-state index contributed by atoms with van der Waals surface area (Å²) >= 11 is 7.46. The number of halogens is 1. The standard InChI is InChI=1S/C10H11ClOS/c1-8(6-12)7-13-10-4-2-3-9(11)5-10/h2-6,8H,7H2,1H3. The van der Waals surface area contributed by atoms with Gasteiger partial charge in [-0.25, -0.2) is 0 Å². The fourth-order valence-corrected chi connectivity index (χ4v) is 2.00. The molecule has 0 aliphatic carbocycles. The van der Waals surface area contributed by atoms with Gasteiger partial charge in [-0.05, 0) is 18.2 Å². The summed E-state index contributed by atoms with van der Waals surface area (Å²) in [6.07, 6.45) is 0.970. The summed E-state index contributed by atoms with van der Waals surface area (Å²) in [5.41, 5.74) is 0. The van der Waals surface area contributed by atoms with Gasteiger partial charge in [0.05, 0.1) is 0 Å². The Morgan fingerprint density at radius 2 is 2.38 bits per heavy atom. The van der Waals surface area contributed by atoms with Crippen LogP contribution in [-0.4, -0.2) is 12.0 Å². The van der Waals surface area contributed by atoms with Gasteiger partial charge in [-0.2, -0.15) is 0 Å². The average molecular weight is 215 g/mol. The molecule has 0 aromatic heterocycles. The average Bonchev–Trinajstić information content (AvgIpc) is 2.14. The number of carbonyl (C=O) groups excluding carboxylic acids is 1. The number of benzene rings is 1. The van der Waals surface area contributed by atoms with Gasteiger partial charge in [-0.1, -0.05) is 24.6 Å². The largest absolute Gasteiger partial charge is 0.303 e. The number of aldehydes is 1. The Morgan fingerprint density at radius 1 is 1.62 bits per heavy atom. The number of hydrogen-bond donors (Lipinski definition) is 0. The van der Waals surface area contributed by atoms with E-state index in [-0.39, 0.29) is 5.92 Å². The van der Waals surface area contributed by atoms with Gasteiger partial charge in [0.1, 0.15) is 6.29 Å². The minimum Gasteiger partial charge on any atom is -0.303 e. The van der Waals surface area contributed by atoms with Gasteiger partial charge in [0, 0.05) is 21.6 Å². The van der Waals surface area contributed by atoms with Gasteiger partial charge in [0.2, 0.25) is 0 Å². The van der Waals surface area contributed by atoms with Gasteiger partial charge in [-0.15, -0.1) is 11.8 Å². The van der Waals surface area contributed by atoms with E-state index in [1.54, 1.807) is 11.8 Å². The molecule has 1 atom stereocenters. The minimum atomic E-state index is 0.101. The van der Waals surface area contributed by atoms with Crippen molar-refractivity contribution in [3.05, 3.63) is 29.3 Å². The Labute approximate surface area is 87.5 Å². The molecule has 0 saturated carbocycles. The maximum absolute atomic E-state index is 10.4. The number of hydrogen-bond acceptors (Lipinski definition) is 2. The van der Waals surface area contributed by atoms with Crippen molar-refractivity contribution in [2.24, 2.45) is 5.92 Å². The van der Waals surface area contributed by atoms with Gasteiger partial charge in [-0.3, -0.25) is 0 Å². The molecule has 13 heavy (non-hydrogen) atoms. The van der Waals surface area contributed by atoms with Crippen LogP contribution in [0.15, 0.2) is 29.2 Å². The van der Waals surface area contributed by atoms with Crippen LogP contribution in [0.1, 0.15) is 6.92 Å². The van der Waals surface area contributed by atoms with E-state index in [1.165, 1.54) is 0 Å². The molecule has 0 heterocycles. The summed E-state index contributed by atoms with van der Waals surface area (Å²) in [5.74, 6) is 0.910. The second-order valence-corrected chi connectivity index (χ2v) is 4.41. The van der Waals surface area contributed by atoms with Crippen molar-refractivity contribution < 1.29 is 4.79 Å². The predicted molar refractivity (Wildman–Crippen MR) is 57.4 cm³/mol. The monoisotopic (exact) mass is 214 g/mol. The summed E-state index contributed by atoms with van der Waals surface area (Å²) in [5, 5.41) is 0.740. The van der Waals surface area contributed by atoms with Crippen molar-refractivity contribution in [2.45, 2.75) is 11.8 Å². The molecule has 0 saturated heterocycles. The Balaban J connectivity index is 2.49. The summed E-state index contributed by atoms with van der Waals surface area (Å²) in [6.45, 7) is 1.91. The van der Waals surface area contributed by atoms with E-state index in [0.717, 1.165) is 22.0 Å². The first-order chi connectivity index (χ1) is 6.22. The summed E-state index contributed by atoms with van der Waals surface area (Å²) < 4.78 is 0. The highest BCUT2D eigenvalue weighted by Gasteiger charge is 2.00. The molecule has 1 nitrogen and oxygen atoms in total. The Kier molecular flexibility index (Phi) is 4.33. The molecule has 0 amide bonds. The molecule has 0 fully saturated rings. The molecule has 0 spiro atoms. The van der Waals surface area contributed by atoms with E-state index in [0.29, 0.717) is 0 Å². The van der Waals surface area contributed by atoms with E-state index in [2.05, 4.69) is 0 Å². The minimum absolute atomic E-state index is 0.101. The maximum Gasteiger partial charge on any atom is 0.123 e. The fraction of sp³-hybridized carbons (Fsp3) is 0.300. The van der Waals surface area contributed by atoms with Crippen LogP contribution in [0.2, 0.25) is 5.02 Å². The SMILES string of the molecule is CC(C=O)CSc1cccc(Cl)c1. The highest BCUT2D eigenvalue weighted by Crippen LogP contribution is 2.22. The van der Waals surface area contributed by atoms with Gasteiger partial charge in [0.15, 0.2) is 0 Å². The molecular formula is C10H11ClOS. The van der Waals surface area contributed by atoms with E-state index in [1.807, 2.05) is 31.2 Å². The van der Waals surface area contributed by atoms with Gasteiger partial charge >= 0.3 is 0 Å². The second kappa shape index (κ2) is 5.30. The normalized spacial score (nSPS) is 12.5. The van der Waals surface area contributed by atoms with Crippen LogP contribution in [0.5, 0.6) is 0 Å². The van der Waals surface area contributed by atoms with E-state index in [9.17, 15) is 4.79 Å². The van der Waals surface area contributed by atoms with Crippen LogP contribution in [-0.2, 0) is 4.79 Å². The predicted octanol–water partition coefficient (Wildman–Crippen LogP) is 3.27. The van der Waals surface area contributed by atoms with Crippen LogP contribution in [0.25, 0.3) is 0 Å². The third-order valence-electron chi connectivity index (χ3n) is 1.54. The summed E-state index contributed by atoms with van der Waals surface area (Å²) in [7, 11) is 0. The Hall–Kier alpha value is -0.470. The van der Waals surface area contributed by atoms with E-state index in [4.69, 9.17) is 11.6 Å². The topological polar surface area (TPSA) is 17.1 Å². The highest BCUT2D eigenvalue weighted by molar-refractivity contribution is 7.99. The quantitative estimate of drug-likeness (QED) is 0.565. The Morgan fingerprint density at radius 3 is 3.00 bits per heavy atom. The van der Waals surface area contributed by atoms with Gasteiger partial charge in [0.25, 0.3) is 0 Å². The fourth-order valence-electron chi connectivity index (χ4n) is 0.824. The first kappa shape index (κ1) is 10.6.